The van der Waals surface area contributed by atoms with Crippen molar-refractivity contribution in [2.75, 3.05) is 18.1 Å². The van der Waals surface area contributed by atoms with Crippen molar-refractivity contribution in [3.05, 3.63) is 23.7 Å². The molecule has 1 aromatic rings. The summed E-state index contributed by atoms with van der Waals surface area (Å²) in [6.45, 7) is 3.14. The Balaban J connectivity index is 1.47. The van der Waals surface area contributed by atoms with Crippen molar-refractivity contribution in [2.24, 2.45) is 0 Å². The van der Waals surface area contributed by atoms with E-state index in [1.807, 2.05) is 24.8 Å². The number of ether oxygens (including phenoxy) is 1. The van der Waals surface area contributed by atoms with E-state index in [0.29, 0.717) is 6.54 Å². The lowest BCUT2D eigenvalue weighted by Crippen LogP contribution is -2.50. The van der Waals surface area contributed by atoms with Gasteiger partial charge in [0.2, 0.25) is 0 Å². The molecule has 0 bridgehead atoms. The molecule has 2 amide bonds. The van der Waals surface area contributed by atoms with Crippen LogP contribution in [0.5, 0.6) is 0 Å². The van der Waals surface area contributed by atoms with Gasteiger partial charge in [-0.15, -0.1) is 0 Å². The number of carbonyl (C=O) groups excluding carboxylic acids is 1. The molecule has 6 heteroatoms. The summed E-state index contributed by atoms with van der Waals surface area (Å²) in [5, 5.41) is 5.98. The topological polar surface area (TPSA) is 63.5 Å². The Labute approximate surface area is 129 Å². The minimum absolute atomic E-state index is 0.00199. The van der Waals surface area contributed by atoms with Gasteiger partial charge in [-0.25, -0.2) is 4.79 Å². The van der Waals surface area contributed by atoms with Crippen LogP contribution in [0, 0.1) is 6.92 Å². The highest BCUT2D eigenvalue weighted by molar-refractivity contribution is 7.99. The number of nitrogens with one attached hydrogen (secondary N) is 2. The normalized spacial score (nSPS) is 28.7. The summed E-state index contributed by atoms with van der Waals surface area (Å²) >= 11 is 1.95. The van der Waals surface area contributed by atoms with Crippen LogP contribution in [-0.2, 0) is 11.3 Å². The van der Waals surface area contributed by atoms with E-state index in [2.05, 4.69) is 10.6 Å². The molecule has 3 rings (SSSR count). The van der Waals surface area contributed by atoms with Gasteiger partial charge in [0, 0.05) is 30.5 Å². The molecule has 0 radical (unpaired) electrons. The number of hydrogen-bond donors (Lipinski definition) is 2. The highest BCUT2D eigenvalue weighted by Gasteiger charge is 2.40. The second-order valence-corrected chi connectivity index (χ2v) is 6.96. The summed E-state index contributed by atoms with van der Waals surface area (Å²) in [5.74, 6) is 3.07. The molecule has 1 spiro atoms. The summed E-state index contributed by atoms with van der Waals surface area (Å²) in [6, 6.07) is 1.99. The Morgan fingerprint density at radius 1 is 1.57 bits per heavy atom. The number of aryl methyl sites for hydroxylation is 1. The largest absolute Gasteiger partial charge is 0.469 e. The van der Waals surface area contributed by atoms with E-state index in [4.69, 9.17) is 9.15 Å². The van der Waals surface area contributed by atoms with Gasteiger partial charge in [-0.2, -0.15) is 11.8 Å². The van der Waals surface area contributed by atoms with Gasteiger partial charge in [-0.1, -0.05) is 0 Å². The molecule has 2 aliphatic heterocycles. The van der Waals surface area contributed by atoms with E-state index < -0.39 is 0 Å². The maximum Gasteiger partial charge on any atom is 0.315 e. The van der Waals surface area contributed by atoms with Gasteiger partial charge in [0.25, 0.3) is 0 Å². The summed E-state index contributed by atoms with van der Waals surface area (Å²) in [5.41, 5.74) is 1.02. The number of thioether (sulfide) groups is 1. The molecule has 5 nitrogen and oxygen atoms in total. The van der Waals surface area contributed by atoms with E-state index in [9.17, 15) is 4.79 Å². The zero-order valence-electron chi connectivity index (χ0n) is 12.3. The van der Waals surface area contributed by atoms with Crippen LogP contribution in [0.4, 0.5) is 4.79 Å². The highest BCUT2D eigenvalue weighted by atomic mass is 32.2. The highest BCUT2D eigenvalue weighted by Crippen LogP contribution is 2.38. The van der Waals surface area contributed by atoms with Crippen molar-refractivity contribution in [3.63, 3.8) is 0 Å². The number of furan rings is 1. The van der Waals surface area contributed by atoms with Crippen molar-refractivity contribution in [1.82, 2.24) is 10.6 Å². The zero-order valence-corrected chi connectivity index (χ0v) is 13.1. The standard InChI is InChI=1S/C15H22N2O3S/c1-11-12(2-5-19-11)9-16-14(18)17-13-3-6-20-15(8-13)4-7-21-10-15/h2,5,13H,3-4,6-10H2,1H3,(H2,16,17,18). The third kappa shape index (κ3) is 3.55. The molecule has 3 heterocycles. The minimum atomic E-state index is -0.108. The van der Waals surface area contributed by atoms with Crippen LogP contribution in [0.25, 0.3) is 0 Å². The van der Waals surface area contributed by atoms with Gasteiger partial charge < -0.3 is 19.8 Å². The monoisotopic (exact) mass is 310 g/mol. The summed E-state index contributed by atoms with van der Waals surface area (Å²) in [6.07, 6.45) is 4.57. The van der Waals surface area contributed by atoms with E-state index >= 15 is 0 Å². The molecule has 116 valence electrons. The predicted molar refractivity (Wildman–Crippen MR) is 82.5 cm³/mol. The molecule has 2 N–H and O–H groups in total. The molecule has 2 unspecified atom stereocenters. The number of hydrogen-bond acceptors (Lipinski definition) is 4. The molecule has 2 aliphatic rings. The second kappa shape index (κ2) is 6.32. The Bertz CT molecular complexity index is 497. The molecule has 1 aromatic heterocycles. The van der Waals surface area contributed by atoms with E-state index in [-0.39, 0.29) is 17.7 Å². The first kappa shape index (κ1) is 14.8. The van der Waals surface area contributed by atoms with Crippen molar-refractivity contribution >= 4 is 17.8 Å². The van der Waals surface area contributed by atoms with Gasteiger partial charge in [-0.3, -0.25) is 0 Å². The second-order valence-electron chi connectivity index (χ2n) is 5.85. The third-order valence-electron chi connectivity index (χ3n) is 4.30. The number of rotatable bonds is 3. The van der Waals surface area contributed by atoms with Gasteiger partial charge in [-0.05, 0) is 38.0 Å². The quantitative estimate of drug-likeness (QED) is 0.900. The Morgan fingerprint density at radius 3 is 3.19 bits per heavy atom. The molecule has 0 saturated carbocycles. The van der Waals surface area contributed by atoms with Gasteiger partial charge in [0.15, 0.2) is 0 Å². The fraction of sp³-hybridized carbons (Fsp3) is 0.667. The summed E-state index contributed by atoms with van der Waals surface area (Å²) in [7, 11) is 0. The molecular formula is C15H22N2O3S. The molecule has 2 atom stereocenters. The van der Waals surface area contributed by atoms with E-state index in [0.717, 1.165) is 42.9 Å². The number of amides is 2. The van der Waals surface area contributed by atoms with Crippen LogP contribution in [0.15, 0.2) is 16.7 Å². The summed E-state index contributed by atoms with van der Waals surface area (Å²) in [4.78, 5) is 12.0. The molecular weight excluding hydrogens is 288 g/mol. The molecule has 21 heavy (non-hydrogen) atoms. The molecule has 0 aromatic carbocycles. The van der Waals surface area contributed by atoms with Crippen molar-refractivity contribution in [2.45, 2.75) is 44.4 Å². The van der Waals surface area contributed by atoms with Gasteiger partial charge >= 0.3 is 6.03 Å². The molecule has 2 fully saturated rings. The van der Waals surface area contributed by atoms with Crippen LogP contribution in [0.1, 0.15) is 30.6 Å². The van der Waals surface area contributed by atoms with Crippen LogP contribution >= 0.6 is 11.8 Å². The van der Waals surface area contributed by atoms with Crippen molar-refractivity contribution < 1.29 is 13.9 Å². The van der Waals surface area contributed by atoms with Crippen LogP contribution in [-0.4, -0.2) is 35.8 Å². The lowest BCUT2D eigenvalue weighted by atomic mass is 9.90. The average molecular weight is 310 g/mol. The number of urea groups is 1. The lowest BCUT2D eigenvalue weighted by molar-refractivity contribution is -0.0684. The maximum absolute atomic E-state index is 12.0. The Hall–Kier alpha value is -1.14. The average Bonchev–Trinajstić information content (AvgIpc) is 3.06. The smallest absolute Gasteiger partial charge is 0.315 e. The SMILES string of the molecule is Cc1occc1CNC(=O)NC1CCOC2(CCSC2)C1. The number of carbonyl (C=O) groups is 1. The lowest BCUT2D eigenvalue weighted by Gasteiger charge is -2.37. The third-order valence-corrected chi connectivity index (χ3v) is 5.52. The van der Waals surface area contributed by atoms with Crippen molar-refractivity contribution in [3.8, 4) is 0 Å². The first-order valence-electron chi connectivity index (χ1n) is 7.46. The minimum Gasteiger partial charge on any atom is -0.469 e. The fourth-order valence-electron chi connectivity index (χ4n) is 3.02. The van der Waals surface area contributed by atoms with Crippen LogP contribution in [0.3, 0.4) is 0 Å². The van der Waals surface area contributed by atoms with Crippen molar-refractivity contribution in [1.29, 1.82) is 0 Å². The first-order chi connectivity index (χ1) is 10.2. The predicted octanol–water partition coefficient (Wildman–Crippen LogP) is 2.44. The van der Waals surface area contributed by atoms with E-state index in [1.165, 1.54) is 5.75 Å². The first-order valence-corrected chi connectivity index (χ1v) is 8.61. The zero-order chi connectivity index (χ0) is 14.7. The maximum atomic E-state index is 12.0. The van der Waals surface area contributed by atoms with Crippen LogP contribution in [0.2, 0.25) is 0 Å². The van der Waals surface area contributed by atoms with Gasteiger partial charge in [0.1, 0.15) is 5.76 Å². The molecule has 2 saturated heterocycles. The Kier molecular flexibility index (Phi) is 4.45. The van der Waals surface area contributed by atoms with Crippen LogP contribution < -0.4 is 10.6 Å². The Morgan fingerprint density at radius 2 is 2.48 bits per heavy atom. The fourth-order valence-corrected chi connectivity index (χ4v) is 4.40. The van der Waals surface area contributed by atoms with Gasteiger partial charge in [0.05, 0.1) is 11.9 Å². The molecule has 0 aliphatic carbocycles. The summed E-state index contributed by atoms with van der Waals surface area (Å²) < 4.78 is 11.2. The van der Waals surface area contributed by atoms with E-state index in [1.54, 1.807) is 6.26 Å².